The summed E-state index contributed by atoms with van der Waals surface area (Å²) in [6.45, 7) is 0. The van der Waals surface area contributed by atoms with Gasteiger partial charge in [0, 0.05) is 23.4 Å². The van der Waals surface area contributed by atoms with Crippen LogP contribution in [-0.2, 0) is 10.5 Å². The van der Waals surface area contributed by atoms with E-state index in [4.69, 9.17) is 5.73 Å². The van der Waals surface area contributed by atoms with E-state index in [1.54, 1.807) is 11.8 Å². The van der Waals surface area contributed by atoms with Crippen LogP contribution in [0.1, 0.15) is 31.2 Å². The van der Waals surface area contributed by atoms with Crippen molar-refractivity contribution in [3.8, 4) is 0 Å². The first-order valence-electron chi connectivity index (χ1n) is 6.83. The number of nitrogens with two attached hydrogens (primary N) is 1. The lowest BCUT2D eigenvalue weighted by Gasteiger charge is -2.25. The number of carbonyl (C=O) groups is 1. The summed E-state index contributed by atoms with van der Waals surface area (Å²) in [4.78, 5) is 12.2. The number of hydrogen-bond donors (Lipinski definition) is 2. The Balaban J connectivity index is 0.00000200. The highest BCUT2D eigenvalue weighted by Gasteiger charge is 2.25. The number of rotatable bonds is 4. The average molecular weight is 315 g/mol. The van der Waals surface area contributed by atoms with Crippen molar-refractivity contribution in [2.75, 3.05) is 11.6 Å². The minimum atomic E-state index is 0. The van der Waals surface area contributed by atoms with E-state index in [0.29, 0.717) is 0 Å². The maximum atomic E-state index is 12.2. The number of carbonyl (C=O) groups excluding carboxylic acids is 1. The quantitative estimate of drug-likeness (QED) is 0.895. The molecule has 0 heterocycles. The van der Waals surface area contributed by atoms with Gasteiger partial charge in [0.05, 0.1) is 0 Å². The van der Waals surface area contributed by atoms with Gasteiger partial charge in [-0.1, -0.05) is 18.6 Å². The Labute approximate surface area is 131 Å². The first-order valence-corrected chi connectivity index (χ1v) is 8.22. The maximum absolute atomic E-state index is 12.2. The molecular weight excluding hydrogens is 292 g/mol. The third-order valence-electron chi connectivity index (χ3n) is 3.62. The summed E-state index contributed by atoms with van der Waals surface area (Å²) < 4.78 is 0. The van der Waals surface area contributed by atoms with E-state index < -0.39 is 0 Å². The van der Waals surface area contributed by atoms with Gasteiger partial charge in [0.15, 0.2) is 0 Å². The van der Waals surface area contributed by atoms with Gasteiger partial charge in [-0.2, -0.15) is 11.8 Å². The smallest absolute Gasteiger partial charge is 0.227 e. The van der Waals surface area contributed by atoms with E-state index in [1.807, 2.05) is 12.1 Å². The molecule has 0 radical (unpaired) electrons. The summed E-state index contributed by atoms with van der Waals surface area (Å²) in [5.74, 6) is 1.20. The SMILES string of the molecule is CSCc1ccc(NC(=O)C2CCCC(N)C2)cc1.Cl. The van der Waals surface area contributed by atoms with Gasteiger partial charge >= 0.3 is 0 Å². The minimum absolute atomic E-state index is 0. The molecular formula is C15H23ClN2OS. The van der Waals surface area contributed by atoms with Crippen molar-refractivity contribution in [1.29, 1.82) is 0 Å². The molecule has 0 aliphatic heterocycles. The van der Waals surface area contributed by atoms with Crippen molar-refractivity contribution in [2.24, 2.45) is 11.7 Å². The summed E-state index contributed by atoms with van der Waals surface area (Å²) in [5.41, 5.74) is 8.09. The third kappa shape index (κ3) is 5.00. The molecule has 5 heteroatoms. The monoisotopic (exact) mass is 314 g/mol. The number of amides is 1. The van der Waals surface area contributed by atoms with Gasteiger partial charge in [-0.25, -0.2) is 0 Å². The van der Waals surface area contributed by atoms with Crippen molar-refractivity contribution in [3.63, 3.8) is 0 Å². The van der Waals surface area contributed by atoms with Gasteiger partial charge in [-0.05, 0) is 43.2 Å². The molecule has 0 bridgehead atoms. The second kappa shape index (κ2) is 8.55. The standard InChI is InChI=1S/C15H22N2OS.ClH/c1-19-10-11-5-7-14(8-6-11)17-15(18)12-3-2-4-13(16)9-12;/h5-8,12-13H,2-4,9-10,16H2,1H3,(H,17,18);1H. The third-order valence-corrected chi connectivity index (χ3v) is 4.24. The van der Waals surface area contributed by atoms with Crippen LogP contribution in [0.15, 0.2) is 24.3 Å². The predicted molar refractivity (Wildman–Crippen MR) is 89.5 cm³/mol. The van der Waals surface area contributed by atoms with Crippen LogP contribution < -0.4 is 11.1 Å². The molecule has 20 heavy (non-hydrogen) atoms. The fourth-order valence-electron chi connectivity index (χ4n) is 2.56. The highest BCUT2D eigenvalue weighted by molar-refractivity contribution is 7.97. The summed E-state index contributed by atoms with van der Waals surface area (Å²) >= 11 is 1.80. The van der Waals surface area contributed by atoms with E-state index in [1.165, 1.54) is 5.56 Å². The van der Waals surface area contributed by atoms with Crippen LogP contribution >= 0.6 is 24.2 Å². The zero-order valence-electron chi connectivity index (χ0n) is 11.8. The van der Waals surface area contributed by atoms with Crippen molar-refractivity contribution < 1.29 is 4.79 Å². The van der Waals surface area contributed by atoms with Crippen LogP contribution in [0.3, 0.4) is 0 Å². The lowest BCUT2D eigenvalue weighted by molar-refractivity contribution is -0.120. The van der Waals surface area contributed by atoms with Crippen LogP contribution in [0, 0.1) is 5.92 Å². The Morgan fingerprint density at radius 1 is 1.35 bits per heavy atom. The Morgan fingerprint density at radius 2 is 2.05 bits per heavy atom. The molecule has 0 spiro atoms. The lowest BCUT2D eigenvalue weighted by Crippen LogP contribution is -2.34. The largest absolute Gasteiger partial charge is 0.328 e. The van der Waals surface area contributed by atoms with E-state index in [2.05, 4.69) is 23.7 Å². The molecule has 0 saturated heterocycles. The lowest BCUT2D eigenvalue weighted by atomic mass is 9.85. The summed E-state index contributed by atoms with van der Waals surface area (Å²) in [5, 5.41) is 3.00. The molecule has 2 rings (SSSR count). The fraction of sp³-hybridized carbons (Fsp3) is 0.533. The van der Waals surface area contributed by atoms with Gasteiger partial charge in [0.2, 0.25) is 5.91 Å². The molecule has 2 atom stereocenters. The second-order valence-corrected chi connectivity index (χ2v) is 6.11. The summed E-state index contributed by atoms with van der Waals surface area (Å²) in [6.07, 6.45) is 5.97. The average Bonchev–Trinajstić information content (AvgIpc) is 2.41. The molecule has 2 unspecified atom stereocenters. The van der Waals surface area contributed by atoms with E-state index >= 15 is 0 Å². The Morgan fingerprint density at radius 3 is 2.65 bits per heavy atom. The molecule has 112 valence electrons. The maximum Gasteiger partial charge on any atom is 0.227 e. The Kier molecular flexibility index (Phi) is 7.41. The molecule has 1 aromatic rings. The van der Waals surface area contributed by atoms with Gasteiger partial charge in [-0.15, -0.1) is 12.4 Å². The molecule has 1 fully saturated rings. The normalized spacial score (nSPS) is 21.9. The molecule has 0 aromatic heterocycles. The first kappa shape index (κ1) is 17.3. The zero-order chi connectivity index (χ0) is 13.7. The molecule has 1 aliphatic carbocycles. The summed E-state index contributed by atoms with van der Waals surface area (Å²) in [7, 11) is 0. The number of anilines is 1. The van der Waals surface area contributed by atoms with Gasteiger partial charge < -0.3 is 11.1 Å². The van der Waals surface area contributed by atoms with Crippen LogP contribution in [0.4, 0.5) is 5.69 Å². The van der Waals surface area contributed by atoms with Crippen molar-refractivity contribution >= 4 is 35.8 Å². The highest BCUT2D eigenvalue weighted by atomic mass is 35.5. The molecule has 1 aromatic carbocycles. The molecule has 1 saturated carbocycles. The number of hydrogen-bond acceptors (Lipinski definition) is 3. The van der Waals surface area contributed by atoms with Crippen LogP contribution in [0.2, 0.25) is 0 Å². The molecule has 3 N–H and O–H groups in total. The number of nitrogens with one attached hydrogen (secondary N) is 1. The van der Waals surface area contributed by atoms with Crippen LogP contribution in [0.25, 0.3) is 0 Å². The first-order chi connectivity index (χ1) is 9.19. The topological polar surface area (TPSA) is 55.1 Å². The summed E-state index contributed by atoms with van der Waals surface area (Å²) in [6, 6.07) is 8.28. The molecule has 1 aliphatic rings. The van der Waals surface area contributed by atoms with Crippen molar-refractivity contribution in [1.82, 2.24) is 0 Å². The zero-order valence-corrected chi connectivity index (χ0v) is 13.4. The van der Waals surface area contributed by atoms with Crippen LogP contribution in [0.5, 0.6) is 0 Å². The van der Waals surface area contributed by atoms with Gasteiger partial charge in [0.25, 0.3) is 0 Å². The van der Waals surface area contributed by atoms with Crippen LogP contribution in [-0.4, -0.2) is 18.2 Å². The number of halogens is 1. The Hall–Kier alpha value is -0.710. The van der Waals surface area contributed by atoms with Gasteiger partial charge in [0.1, 0.15) is 0 Å². The Bertz CT molecular complexity index is 424. The molecule has 1 amide bonds. The number of benzene rings is 1. The van der Waals surface area contributed by atoms with E-state index in [-0.39, 0.29) is 30.3 Å². The minimum Gasteiger partial charge on any atom is -0.328 e. The highest BCUT2D eigenvalue weighted by Crippen LogP contribution is 2.24. The second-order valence-electron chi connectivity index (χ2n) is 5.24. The van der Waals surface area contributed by atoms with Crippen molar-refractivity contribution in [2.45, 2.75) is 37.5 Å². The van der Waals surface area contributed by atoms with Gasteiger partial charge in [-0.3, -0.25) is 4.79 Å². The van der Waals surface area contributed by atoms with E-state index in [0.717, 1.165) is 37.1 Å². The number of thioether (sulfide) groups is 1. The predicted octanol–water partition coefficient (Wildman–Crippen LogP) is 3.43. The van der Waals surface area contributed by atoms with Crippen molar-refractivity contribution in [3.05, 3.63) is 29.8 Å². The fourth-order valence-corrected chi connectivity index (χ4v) is 3.09. The molecule has 3 nitrogen and oxygen atoms in total. The van der Waals surface area contributed by atoms with E-state index in [9.17, 15) is 4.79 Å².